The lowest BCUT2D eigenvalue weighted by atomic mass is 10.2. The molecule has 1 aromatic carbocycles. The van der Waals surface area contributed by atoms with Crippen LogP contribution in [0, 0.1) is 0 Å². The molecule has 0 aliphatic rings. The van der Waals surface area contributed by atoms with Crippen molar-refractivity contribution in [2.24, 2.45) is 0 Å². The van der Waals surface area contributed by atoms with Gasteiger partial charge >= 0.3 is 0 Å². The molecule has 0 saturated carbocycles. The van der Waals surface area contributed by atoms with Gasteiger partial charge in [0.1, 0.15) is 5.75 Å². The van der Waals surface area contributed by atoms with Crippen LogP contribution in [0.4, 0.5) is 0 Å². The highest BCUT2D eigenvalue weighted by atomic mass is 32.2. The number of hydrogen-bond acceptors (Lipinski definition) is 8. The highest BCUT2D eigenvalue weighted by molar-refractivity contribution is 7.98. The second-order valence-corrected chi connectivity index (χ2v) is 6.70. The van der Waals surface area contributed by atoms with Gasteiger partial charge in [-0.25, -0.2) is 0 Å². The van der Waals surface area contributed by atoms with Gasteiger partial charge in [0.05, 0.1) is 24.2 Å². The lowest BCUT2D eigenvalue weighted by Crippen LogP contribution is -1.99. The fourth-order valence-corrected chi connectivity index (χ4v) is 3.59. The first-order valence-electron chi connectivity index (χ1n) is 8.94. The first-order chi connectivity index (χ1) is 13.8. The molecule has 0 N–H and O–H groups in total. The van der Waals surface area contributed by atoms with Gasteiger partial charge in [-0.15, -0.1) is 10.2 Å². The predicted molar refractivity (Wildman–Crippen MR) is 104 cm³/mol. The number of furan rings is 1. The van der Waals surface area contributed by atoms with Gasteiger partial charge in [0.15, 0.2) is 16.7 Å². The number of aromatic nitrogens is 5. The van der Waals surface area contributed by atoms with Crippen LogP contribution in [0.1, 0.15) is 19.7 Å². The summed E-state index contributed by atoms with van der Waals surface area (Å²) in [6.45, 7) is 5.27. The summed E-state index contributed by atoms with van der Waals surface area (Å²) in [5.74, 6) is 3.63. The van der Waals surface area contributed by atoms with Crippen LogP contribution in [0.2, 0.25) is 0 Å². The minimum absolute atomic E-state index is 0.486. The summed E-state index contributed by atoms with van der Waals surface area (Å²) in [5, 5.41) is 13.4. The van der Waals surface area contributed by atoms with Crippen LogP contribution in [0.5, 0.6) is 5.75 Å². The number of ether oxygens (including phenoxy) is 1. The largest absolute Gasteiger partial charge is 0.493 e. The van der Waals surface area contributed by atoms with Crippen molar-refractivity contribution in [1.29, 1.82) is 0 Å². The standard InChI is InChI=1S/C19H19N5O3S/c1-3-24-18(15-10-7-11-26-15)21-22-19(24)28-12-16-20-17(23-27-16)13-8-5-6-9-14(13)25-4-2/h5-11H,3-4,12H2,1-2H3. The summed E-state index contributed by atoms with van der Waals surface area (Å²) in [6, 6.07) is 11.3. The molecule has 4 rings (SSSR count). The smallest absolute Gasteiger partial charge is 0.237 e. The van der Waals surface area contributed by atoms with Gasteiger partial charge in [-0.2, -0.15) is 4.98 Å². The van der Waals surface area contributed by atoms with Crippen molar-refractivity contribution in [2.45, 2.75) is 31.3 Å². The van der Waals surface area contributed by atoms with E-state index in [4.69, 9.17) is 13.7 Å². The monoisotopic (exact) mass is 397 g/mol. The highest BCUT2D eigenvalue weighted by Crippen LogP contribution is 2.30. The van der Waals surface area contributed by atoms with E-state index in [1.54, 1.807) is 6.26 Å². The zero-order valence-electron chi connectivity index (χ0n) is 15.5. The SMILES string of the molecule is CCOc1ccccc1-c1noc(CSc2nnc(-c3ccco3)n2CC)n1. The molecule has 9 heteroatoms. The Morgan fingerprint density at radius 2 is 2.00 bits per heavy atom. The van der Waals surface area contributed by atoms with Crippen LogP contribution in [0.3, 0.4) is 0 Å². The zero-order valence-corrected chi connectivity index (χ0v) is 16.3. The average molecular weight is 397 g/mol. The van der Waals surface area contributed by atoms with Crippen molar-refractivity contribution in [3.8, 4) is 28.7 Å². The summed E-state index contributed by atoms with van der Waals surface area (Å²) in [7, 11) is 0. The molecule has 28 heavy (non-hydrogen) atoms. The quantitative estimate of drug-likeness (QED) is 0.406. The fraction of sp³-hybridized carbons (Fsp3) is 0.263. The second kappa shape index (κ2) is 8.30. The molecule has 0 atom stereocenters. The highest BCUT2D eigenvalue weighted by Gasteiger charge is 2.17. The van der Waals surface area contributed by atoms with E-state index in [1.807, 2.05) is 54.8 Å². The maximum atomic E-state index is 5.64. The molecule has 0 unspecified atom stereocenters. The van der Waals surface area contributed by atoms with E-state index < -0.39 is 0 Å². The lowest BCUT2D eigenvalue weighted by molar-refractivity contribution is 0.341. The predicted octanol–water partition coefficient (Wildman–Crippen LogP) is 4.30. The van der Waals surface area contributed by atoms with Crippen molar-refractivity contribution >= 4 is 11.8 Å². The van der Waals surface area contributed by atoms with Gasteiger partial charge in [0.2, 0.25) is 11.7 Å². The Labute approximate surface area is 165 Å². The van der Waals surface area contributed by atoms with Crippen molar-refractivity contribution < 1.29 is 13.7 Å². The van der Waals surface area contributed by atoms with Crippen LogP contribution < -0.4 is 4.74 Å². The Kier molecular flexibility index (Phi) is 5.43. The van der Waals surface area contributed by atoms with Crippen LogP contribution >= 0.6 is 11.8 Å². The molecule has 0 spiro atoms. The number of rotatable bonds is 8. The van der Waals surface area contributed by atoms with Gasteiger partial charge in [0, 0.05) is 6.54 Å². The van der Waals surface area contributed by atoms with Crippen molar-refractivity contribution in [3.05, 3.63) is 48.6 Å². The number of nitrogens with zero attached hydrogens (tertiary/aromatic N) is 5. The molecule has 0 bridgehead atoms. The molecule has 0 radical (unpaired) electrons. The number of para-hydroxylation sites is 1. The average Bonchev–Trinajstić information content (AvgIpc) is 3.46. The molecule has 0 fully saturated rings. The summed E-state index contributed by atoms with van der Waals surface area (Å²) in [5.41, 5.74) is 0.807. The van der Waals surface area contributed by atoms with Crippen molar-refractivity contribution in [2.75, 3.05) is 6.61 Å². The first-order valence-corrected chi connectivity index (χ1v) is 9.93. The van der Waals surface area contributed by atoms with E-state index in [2.05, 4.69) is 20.3 Å². The summed E-state index contributed by atoms with van der Waals surface area (Å²) in [6.07, 6.45) is 1.62. The van der Waals surface area contributed by atoms with Crippen LogP contribution in [-0.2, 0) is 12.3 Å². The minimum Gasteiger partial charge on any atom is -0.493 e. The third-order valence-electron chi connectivity index (χ3n) is 4.00. The Bertz CT molecular complexity index is 1040. The maximum Gasteiger partial charge on any atom is 0.237 e. The van der Waals surface area contributed by atoms with Gasteiger partial charge in [0.25, 0.3) is 0 Å². The van der Waals surface area contributed by atoms with E-state index in [0.29, 0.717) is 35.7 Å². The molecular formula is C19H19N5O3S. The molecule has 144 valence electrons. The molecule has 0 amide bonds. The second-order valence-electron chi connectivity index (χ2n) is 5.76. The van der Waals surface area contributed by atoms with Gasteiger partial charge in [-0.1, -0.05) is 29.1 Å². The van der Waals surface area contributed by atoms with E-state index in [0.717, 1.165) is 23.0 Å². The molecule has 0 saturated heterocycles. The van der Waals surface area contributed by atoms with Gasteiger partial charge in [-0.05, 0) is 38.1 Å². The number of thioether (sulfide) groups is 1. The lowest BCUT2D eigenvalue weighted by Gasteiger charge is -2.06. The molecule has 4 aromatic rings. The Balaban J connectivity index is 1.50. The normalized spacial score (nSPS) is 11.1. The number of benzene rings is 1. The van der Waals surface area contributed by atoms with E-state index in [9.17, 15) is 0 Å². The third kappa shape index (κ3) is 3.65. The minimum atomic E-state index is 0.486. The molecule has 3 aromatic heterocycles. The Morgan fingerprint density at radius 3 is 2.79 bits per heavy atom. The fourth-order valence-electron chi connectivity index (χ4n) is 2.75. The van der Waals surface area contributed by atoms with E-state index in [1.165, 1.54) is 11.8 Å². The van der Waals surface area contributed by atoms with Crippen LogP contribution in [0.25, 0.3) is 23.0 Å². The summed E-state index contributed by atoms with van der Waals surface area (Å²) < 4.78 is 18.5. The number of hydrogen-bond donors (Lipinski definition) is 0. The maximum absolute atomic E-state index is 5.64. The molecule has 8 nitrogen and oxygen atoms in total. The molecular weight excluding hydrogens is 378 g/mol. The van der Waals surface area contributed by atoms with Crippen molar-refractivity contribution in [3.63, 3.8) is 0 Å². The van der Waals surface area contributed by atoms with Crippen LogP contribution in [0.15, 0.2) is 56.8 Å². The van der Waals surface area contributed by atoms with E-state index >= 15 is 0 Å². The van der Waals surface area contributed by atoms with Crippen LogP contribution in [-0.4, -0.2) is 31.5 Å². The van der Waals surface area contributed by atoms with E-state index in [-0.39, 0.29) is 0 Å². The van der Waals surface area contributed by atoms with Gasteiger partial charge < -0.3 is 13.7 Å². The Hall–Kier alpha value is -3.07. The zero-order chi connectivity index (χ0) is 19.3. The topological polar surface area (TPSA) is 92.0 Å². The Morgan fingerprint density at radius 1 is 1.11 bits per heavy atom. The van der Waals surface area contributed by atoms with Crippen molar-refractivity contribution in [1.82, 2.24) is 24.9 Å². The molecule has 0 aliphatic heterocycles. The van der Waals surface area contributed by atoms with Gasteiger partial charge in [-0.3, -0.25) is 4.57 Å². The molecule has 3 heterocycles. The summed E-state index contributed by atoms with van der Waals surface area (Å²) in [4.78, 5) is 4.50. The first kappa shape index (κ1) is 18.3. The summed E-state index contributed by atoms with van der Waals surface area (Å²) >= 11 is 1.49. The third-order valence-corrected chi connectivity index (χ3v) is 4.95. The molecule has 0 aliphatic carbocycles.